The van der Waals surface area contributed by atoms with Gasteiger partial charge >= 0.3 is 0 Å². The molecule has 1 aromatic carbocycles. The second-order valence-electron chi connectivity index (χ2n) is 4.92. The second-order valence-corrected chi connectivity index (χ2v) is 7.76. The molecule has 10 heteroatoms. The minimum absolute atomic E-state index is 0.0442. The number of carbonyl (C=O) groups is 1. The highest BCUT2D eigenvalue weighted by atomic mass is 35.5. The monoisotopic (exact) mass is 412 g/mol. The Kier molecular flexibility index (Phi) is 9.34. The van der Waals surface area contributed by atoms with E-state index in [-0.39, 0.29) is 37.1 Å². The Balaban J connectivity index is 2.70. The SMILES string of the molecule is COc1ccc(C(=O)NCCS(=O)(=O)N(CCCl)CCCl)c(OC)c1. The highest BCUT2D eigenvalue weighted by molar-refractivity contribution is 7.89. The molecule has 0 radical (unpaired) electrons. The average molecular weight is 413 g/mol. The van der Waals surface area contributed by atoms with Crippen LogP contribution in [0.25, 0.3) is 0 Å². The number of nitrogens with zero attached hydrogens (tertiary/aromatic N) is 1. The normalized spacial score (nSPS) is 11.4. The molecule has 1 aromatic rings. The molecule has 0 spiro atoms. The van der Waals surface area contributed by atoms with Crippen molar-refractivity contribution in [2.75, 3.05) is 51.4 Å². The van der Waals surface area contributed by atoms with Crippen molar-refractivity contribution in [3.63, 3.8) is 0 Å². The lowest BCUT2D eigenvalue weighted by molar-refractivity contribution is 0.0953. The van der Waals surface area contributed by atoms with E-state index in [0.717, 1.165) is 0 Å². The average Bonchev–Trinajstić information content (AvgIpc) is 2.60. The van der Waals surface area contributed by atoms with Gasteiger partial charge in [0.1, 0.15) is 11.5 Å². The fourth-order valence-corrected chi connectivity index (χ4v) is 4.05. The van der Waals surface area contributed by atoms with Crippen molar-refractivity contribution in [2.45, 2.75) is 0 Å². The highest BCUT2D eigenvalue weighted by Crippen LogP contribution is 2.24. The number of hydrogen-bond donors (Lipinski definition) is 1. The minimum atomic E-state index is -3.55. The van der Waals surface area contributed by atoms with E-state index in [1.54, 1.807) is 18.2 Å². The summed E-state index contributed by atoms with van der Waals surface area (Å²) in [4.78, 5) is 12.2. The van der Waals surface area contributed by atoms with Gasteiger partial charge in [0.15, 0.2) is 0 Å². The lowest BCUT2D eigenvalue weighted by Gasteiger charge is -2.20. The predicted octanol–water partition coefficient (Wildman–Crippen LogP) is 1.54. The molecule has 0 unspecified atom stereocenters. The number of benzene rings is 1. The fourth-order valence-electron chi connectivity index (χ4n) is 2.08. The molecule has 142 valence electrons. The van der Waals surface area contributed by atoms with Crippen LogP contribution in [0.5, 0.6) is 11.5 Å². The Morgan fingerprint density at radius 2 is 1.80 bits per heavy atom. The van der Waals surface area contributed by atoms with Gasteiger partial charge in [-0.1, -0.05) is 0 Å². The van der Waals surface area contributed by atoms with Crippen LogP contribution in [0.3, 0.4) is 0 Å². The number of halogens is 2. The first-order valence-corrected chi connectivity index (χ1v) is 10.2. The van der Waals surface area contributed by atoms with E-state index >= 15 is 0 Å². The van der Waals surface area contributed by atoms with Crippen LogP contribution in [0.15, 0.2) is 18.2 Å². The number of ether oxygens (including phenoxy) is 2. The molecular formula is C15H22Cl2N2O5S. The third-order valence-electron chi connectivity index (χ3n) is 3.36. The van der Waals surface area contributed by atoms with Gasteiger partial charge < -0.3 is 14.8 Å². The molecule has 0 saturated heterocycles. The van der Waals surface area contributed by atoms with E-state index in [0.29, 0.717) is 17.1 Å². The Hall–Kier alpha value is -1.22. The lowest BCUT2D eigenvalue weighted by Crippen LogP contribution is -2.39. The van der Waals surface area contributed by atoms with Crippen molar-refractivity contribution in [3.8, 4) is 11.5 Å². The zero-order chi connectivity index (χ0) is 18.9. The molecule has 0 aliphatic carbocycles. The van der Waals surface area contributed by atoms with Crippen molar-refractivity contribution in [1.82, 2.24) is 9.62 Å². The first kappa shape index (κ1) is 21.8. The fraction of sp³-hybridized carbons (Fsp3) is 0.533. The molecule has 7 nitrogen and oxygen atoms in total. The number of hydrogen-bond acceptors (Lipinski definition) is 5. The first-order chi connectivity index (χ1) is 11.9. The third kappa shape index (κ3) is 6.54. The summed E-state index contributed by atoms with van der Waals surface area (Å²) in [5.74, 6) is 0.553. The summed E-state index contributed by atoms with van der Waals surface area (Å²) in [5.41, 5.74) is 0.291. The number of methoxy groups -OCH3 is 2. The van der Waals surface area contributed by atoms with Crippen LogP contribution in [-0.4, -0.2) is 70.0 Å². The quantitative estimate of drug-likeness (QED) is 0.557. The molecule has 1 rings (SSSR count). The third-order valence-corrected chi connectivity index (χ3v) is 5.57. The van der Waals surface area contributed by atoms with Gasteiger partial charge in [0.05, 0.1) is 25.5 Å². The summed E-state index contributed by atoms with van der Waals surface area (Å²) in [6, 6.07) is 4.75. The van der Waals surface area contributed by atoms with Crippen molar-refractivity contribution in [2.24, 2.45) is 0 Å². The van der Waals surface area contributed by atoms with Crippen LogP contribution >= 0.6 is 23.2 Å². The van der Waals surface area contributed by atoms with Gasteiger partial charge in [-0.3, -0.25) is 4.79 Å². The minimum Gasteiger partial charge on any atom is -0.497 e. The van der Waals surface area contributed by atoms with Gasteiger partial charge in [0, 0.05) is 37.5 Å². The topological polar surface area (TPSA) is 84.9 Å². The van der Waals surface area contributed by atoms with E-state index in [1.165, 1.54) is 18.5 Å². The first-order valence-electron chi connectivity index (χ1n) is 7.49. The number of carbonyl (C=O) groups excluding carboxylic acids is 1. The van der Waals surface area contributed by atoms with E-state index in [4.69, 9.17) is 32.7 Å². The molecule has 0 atom stereocenters. The van der Waals surface area contributed by atoms with E-state index in [9.17, 15) is 13.2 Å². The van der Waals surface area contributed by atoms with Crippen molar-refractivity contribution < 1.29 is 22.7 Å². The summed E-state index contributed by atoms with van der Waals surface area (Å²) in [6.07, 6.45) is 0. The van der Waals surface area contributed by atoms with Crippen molar-refractivity contribution in [3.05, 3.63) is 23.8 Å². The van der Waals surface area contributed by atoms with E-state index < -0.39 is 15.9 Å². The van der Waals surface area contributed by atoms with Gasteiger partial charge in [0.25, 0.3) is 5.91 Å². The molecule has 0 bridgehead atoms. The maximum Gasteiger partial charge on any atom is 0.255 e. The Labute approximate surface area is 158 Å². The Morgan fingerprint density at radius 1 is 1.16 bits per heavy atom. The number of alkyl halides is 2. The van der Waals surface area contributed by atoms with Crippen LogP contribution < -0.4 is 14.8 Å². The molecule has 1 amide bonds. The summed E-state index contributed by atoms with van der Waals surface area (Å²) in [7, 11) is -0.609. The number of amides is 1. The number of sulfonamides is 1. The molecule has 25 heavy (non-hydrogen) atoms. The molecule has 0 aliphatic heterocycles. The molecule has 0 aromatic heterocycles. The van der Waals surface area contributed by atoms with Gasteiger partial charge in [-0.2, -0.15) is 4.31 Å². The van der Waals surface area contributed by atoms with Crippen LogP contribution in [-0.2, 0) is 10.0 Å². The van der Waals surface area contributed by atoms with E-state index in [2.05, 4.69) is 5.32 Å². The van der Waals surface area contributed by atoms with Crippen molar-refractivity contribution >= 4 is 39.1 Å². The maximum atomic E-state index is 12.3. The summed E-state index contributed by atoms with van der Waals surface area (Å²) in [5, 5.41) is 2.57. The predicted molar refractivity (Wildman–Crippen MR) is 98.7 cm³/mol. The van der Waals surface area contributed by atoms with Crippen LogP contribution in [0.4, 0.5) is 0 Å². The Morgan fingerprint density at radius 3 is 2.32 bits per heavy atom. The van der Waals surface area contributed by atoms with Gasteiger partial charge in [0.2, 0.25) is 10.0 Å². The molecular weight excluding hydrogens is 391 g/mol. The van der Waals surface area contributed by atoms with E-state index in [1.807, 2.05) is 0 Å². The largest absolute Gasteiger partial charge is 0.497 e. The highest BCUT2D eigenvalue weighted by Gasteiger charge is 2.21. The van der Waals surface area contributed by atoms with Gasteiger partial charge in [-0.05, 0) is 12.1 Å². The summed E-state index contributed by atoms with van der Waals surface area (Å²) >= 11 is 11.2. The molecule has 0 aliphatic rings. The van der Waals surface area contributed by atoms with Gasteiger partial charge in [-0.25, -0.2) is 8.42 Å². The number of nitrogens with one attached hydrogen (secondary N) is 1. The standard InChI is InChI=1S/C15H22Cl2N2O5S/c1-23-12-3-4-13(14(11-12)24-2)15(20)18-7-10-25(21,22)19(8-5-16)9-6-17/h3-4,11H,5-10H2,1-2H3,(H,18,20). The number of rotatable bonds is 11. The van der Waals surface area contributed by atoms with Crippen LogP contribution in [0, 0.1) is 0 Å². The zero-order valence-corrected chi connectivity index (χ0v) is 16.5. The lowest BCUT2D eigenvalue weighted by atomic mass is 10.2. The molecule has 1 N–H and O–H groups in total. The zero-order valence-electron chi connectivity index (χ0n) is 14.1. The molecule has 0 heterocycles. The smallest absolute Gasteiger partial charge is 0.255 e. The van der Waals surface area contributed by atoms with Crippen LogP contribution in [0.1, 0.15) is 10.4 Å². The van der Waals surface area contributed by atoms with Crippen molar-refractivity contribution in [1.29, 1.82) is 0 Å². The van der Waals surface area contributed by atoms with Gasteiger partial charge in [-0.15, -0.1) is 23.2 Å². The maximum absolute atomic E-state index is 12.3. The molecule has 0 saturated carbocycles. The molecule has 0 fully saturated rings. The second kappa shape index (κ2) is 10.7. The summed E-state index contributed by atoms with van der Waals surface area (Å²) in [6.45, 7) is 0.311. The van der Waals surface area contributed by atoms with Crippen LogP contribution in [0.2, 0.25) is 0 Å². The summed E-state index contributed by atoms with van der Waals surface area (Å²) < 4.78 is 36.0. The Bertz CT molecular complexity index is 664.